The number of carbonyl (C=O) groups excluding carboxylic acids is 1. The summed E-state index contributed by atoms with van der Waals surface area (Å²) in [5.41, 5.74) is -1.53. The van der Waals surface area contributed by atoms with Crippen LogP contribution in [0.3, 0.4) is 0 Å². The molecule has 0 radical (unpaired) electrons. The number of carbonyl (C=O) groups is 1. The lowest BCUT2D eigenvalue weighted by Crippen LogP contribution is -2.16. The number of nitrogens with one attached hydrogen (secondary N) is 1. The Labute approximate surface area is 166 Å². The lowest BCUT2D eigenvalue weighted by molar-refractivity contribution is -0.142. The van der Waals surface area contributed by atoms with Gasteiger partial charge in [-0.1, -0.05) is 6.07 Å². The van der Waals surface area contributed by atoms with Crippen LogP contribution in [0, 0.1) is 24.4 Å². The Morgan fingerprint density at radius 2 is 1.70 bits per heavy atom. The van der Waals surface area contributed by atoms with Crippen LogP contribution in [-0.2, 0) is 6.18 Å². The standard InChI is InChI=1S/C20H12F6N2O2/c1-10-2-7-14(22)17(23)16(10)19(29)28-12-3-5-13(6-4-12)30-15-8-11(21)9-27-18(15)20(24,25)26/h2-9H,1H3,(H,28,29). The topological polar surface area (TPSA) is 51.2 Å². The fourth-order valence-electron chi connectivity index (χ4n) is 2.56. The van der Waals surface area contributed by atoms with Gasteiger partial charge in [-0.3, -0.25) is 4.79 Å². The Hall–Kier alpha value is -3.56. The molecule has 0 aliphatic rings. The van der Waals surface area contributed by atoms with Crippen LogP contribution in [0.5, 0.6) is 11.5 Å². The van der Waals surface area contributed by atoms with Gasteiger partial charge in [0.1, 0.15) is 11.6 Å². The summed E-state index contributed by atoms with van der Waals surface area (Å²) < 4.78 is 84.6. The Kier molecular flexibility index (Phi) is 5.68. The minimum atomic E-state index is -4.86. The third kappa shape index (κ3) is 4.53. The van der Waals surface area contributed by atoms with Gasteiger partial charge >= 0.3 is 6.18 Å². The molecule has 1 amide bonds. The van der Waals surface area contributed by atoms with Crippen LogP contribution in [0.15, 0.2) is 48.7 Å². The molecule has 30 heavy (non-hydrogen) atoms. The Morgan fingerprint density at radius 1 is 1.03 bits per heavy atom. The highest BCUT2D eigenvalue weighted by molar-refractivity contribution is 6.05. The summed E-state index contributed by atoms with van der Waals surface area (Å²) >= 11 is 0. The van der Waals surface area contributed by atoms with E-state index < -0.39 is 46.5 Å². The van der Waals surface area contributed by atoms with E-state index >= 15 is 0 Å². The lowest BCUT2D eigenvalue weighted by Gasteiger charge is -2.13. The van der Waals surface area contributed by atoms with Gasteiger partial charge in [-0.15, -0.1) is 0 Å². The predicted molar refractivity (Wildman–Crippen MR) is 94.8 cm³/mol. The van der Waals surface area contributed by atoms with Gasteiger partial charge in [0.25, 0.3) is 5.91 Å². The maximum atomic E-state index is 13.9. The molecule has 0 saturated heterocycles. The molecular weight excluding hydrogens is 414 g/mol. The second kappa shape index (κ2) is 8.05. The van der Waals surface area contributed by atoms with E-state index in [1.165, 1.54) is 37.3 Å². The molecule has 1 heterocycles. The van der Waals surface area contributed by atoms with Crippen molar-refractivity contribution >= 4 is 11.6 Å². The highest BCUT2D eigenvalue weighted by atomic mass is 19.4. The van der Waals surface area contributed by atoms with Crippen molar-refractivity contribution in [1.82, 2.24) is 4.98 Å². The fourth-order valence-corrected chi connectivity index (χ4v) is 2.56. The molecule has 0 unspecified atom stereocenters. The van der Waals surface area contributed by atoms with E-state index in [1.807, 2.05) is 0 Å². The van der Waals surface area contributed by atoms with Gasteiger partial charge in [0.15, 0.2) is 23.1 Å². The van der Waals surface area contributed by atoms with E-state index in [4.69, 9.17) is 4.74 Å². The van der Waals surface area contributed by atoms with Gasteiger partial charge in [0.2, 0.25) is 0 Å². The van der Waals surface area contributed by atoms with E-state index in [1.54, 1.807) is 0 Å². The van der Waals surface area contributed by atoms with Crippen molar-refractivity contribution in [2.24, 2.45) is 0 Å². The Bertz CT molecular complexity index is 1100. The molecule has 3 rings (SSSR count). The largest absolute Gasteiger partial charge is 0.455 e. The quantitative estimate of drug-likeness (QED) is 0.531. The summed E-state index contributed by atoms with van der Waals surface area (Å²) in [6, 6.07) is 7.62. The third-order valence-corrected chi connectivity index (χ3v) is 3.96. The Morgan fingerprint density at radius 3 is 2.33 bits per heavy atom. The number of hydrogen-bond donors (Lipinski definition) is 1. The molecule has 0 aliphatic heterocycles. The number of aromatic nitrogens is 1. The first-order chi connectivity index (χ1) is 14.1. The van der Waals surface area contributed by atoms with E-state index in [2.05, 4.69) is 10.3 Å². The average Bonchev–Trinajstić information content (AvgIpc) is 2.66. The van der Waals surface area contributed by atoms with E-state index in [-0.39, 0.29) is 17.0 Å². The molecule has 0 atom stereocenters. The zero-order valence-corrected chi connectivity index (χ0v) is 15.2. The van der Waals surface area contributed by atoms with Gasteiger partial charge < -0.3 is 10.1 Å². The first kappa shape index (κ1) is 21.2. The number of rotatable bonds is 4. The van der Waals surface area contributed by atoms with Crippen LogP contribution >= 0.6 is 0 Å². The van der Waals surface area contributed by atoms with Crippen molar-refractivity contribution in [2.75, 3.05) is 5.32 Å². The van der Waals surface area contributed by atoms with Crippen LogP contribution in [-0.4, -0.2) is 10.9 Å². The van der Waals surface area contributed by atoms with E-state index in [0.717, 1.165) is 6.07 Å². The molecule has 2 aromatic carbocycles. The zero-order chi connectivity index (χ0) is 22.1. The van der Waals surface area contributed by atoms with Gasteiger partial charge in [0, 0.05) is 11.8 Å². The molecule has 1 aromatic heterocycles. The summed E-state index contributed by atoms with van der Waals surface area (Å²) in [6.07, 6.45) is -4.44. The Balaban J connectivity index is 1.79. The fraction of sp³-hybridized carbons (Fsp3) is 0.100. The second-order valence-electron chi connectivity index (χ2n) is 6.13. The molecule has 0 fully saturated rings. The molecule has 156 valence electrons. The van der Waals surface area contributed by atoms with Gasteiger partial charge in [0.05, 0.1) is 11.8 Å². The van der Waals surface area contributed by atoms with E-state index in [0.29, 0.717) is 12.3 Å². The summed E-state index contributed by atoms with van der Waals surface area (Å²) in [7, 11) is 0. The third-order valence-electron chi connectivity index (χ3n) is 3.96. The van der Waals surface area contributed by atoms with Crippen molar-refractivity contribution in [3.05, 3.63) is 82.9 Å². The zero-order valence-electron chi connectivity index (χ0n) is 15.2. The maximum absolute atomic E-state index is 13.9. The lowest BCUT2D eigenvalue weighted by atomic mass is 10.1. The first-order valence-corrected chi connectivity index (χ1v) is 8.33. The monoisotopic (exact) mass is 426 g/mol. The number of nitrogens with zero attached hydrogens (tertiary/aromatic N) is 1. The van der Waals surface area contributed by atoms with Gasteiger partial charge in [-0.25, -0.2) is 18.2 Å². The van der Waals surface area contributed by atoms with Crippen LogP contribution in [0.2, 0.25) is 0 Å². The summed E-state index contributed by atoms with van der Waals surface area (Å²) in [4.78, 5) is 15.3. The smallest absolute Gasteiger partial charge is 0.437 e. The normalized spacial score (nSPS) is 11.3. The molecule has 10 heteroatoms. The number of aryl methyl sites for hydroxylation is 1. The highest BCUT2D eigenvalue weighted by Gasteiger charge is 2.37. The predicted octanol–water partition coefficient (Wildman–Crippen LogP) is 5.87. The molecule has 0 spiro atoms. The van der Waals surface area contributed by atoms with E-state index in [9.17, 15) is 31.1 Å². The second-order valence-corrected chi connectivity index (χ2v) is 6.13. The number of alkyl halides is 3. The molecule has 1 N–H and O–H groups in total. The van der Waals surface area contributed by atoms with Crippen molar-refractivity contribution in [2.45, 2.75) is 13.1 Å². The number of ether oxygens (including phenoxy) is 1. The van der Waals surface area contributed by atoms with Crippen molar-refractivity contribution in [1.29, 1.82) is 0 Å². The SMILES string of the molecule is Cc1ccc(F)c(F)c1C(=O)Nc1ccc(Oc2cc(F)cnc2C(F)(F)F)cc1. The summed E-state index contributed by atoms with van der Waals surface area (Å²) in [5.74, 6) is -5.35. The number of anilines is 1. The average molecular weight is 426 g/mol. The van der Waals surface area contributed by atoms with Crippen molar-refractivity contribution < 1.29 is 35.9 Å². The molecule has 0 saturated carbocycles. The van der Waals surface area contributed by atoms with Crippen LogP contribution in [0.25, 0.3) is 0 Å². The van der Waals surface area contributed by atoms with Crippen LogP contribution in [0.4, 0.5) is 32.0 Å². The number of halogens is 6. The number of hydrogen-bond acceptors (Lipinski definition) is 3. The number of pyridine rings is 1. The van der Waals surface area contributed by atoms with Crippen LogP contribution in [0.1, 0.15) is 21.6 Å². The minimum absolute atomic E-state index is 0.0981. The first-order valence-electron chi connectivity index (χ1n) is 8.33. The van der Waals surface area contributed by atoms with Gasteiger partial charge in [-0.05, 0) is 42.8 Å². The number of benzene rings is 2. The molecule has 4 nitrogen and oxygen atoms in total. The summed E-state index contributed by atoms with van der Waals surface area (Å²) in [6.45, 7) is 1.43. The summed E-state index contributed by atoms with van der Waals surface area (Å²) in [5, 5.41) is 2.35. The molecule has 0 bridgehead atoms. The van der Waals surface area contributed by atoms with Gasteiger partial charge in [-0.2, -0.15) is 13.2 Å². The van der Waals surface area contributed by atoms with Crippen LogP contribution < -0.4 is 10.1 Å². The van der Waals surface area contributed by atoms with Crippen molar-refractivity contribution in [3.8, 4) is 11.5 Å². The van der Waals surface area contributed by atoms with Crippen molar-refractivity contribution in [3.63, 3.8) is 0 Å². The molecule has 0 aliphatic carbocycles. The molecular formula is C20H12F6N2O2. The number of amides is 1. The molecule has 3 aromatic rings. The maximum Gasteiger partial charge on any atom is 0.437 e. The minimum Gasteiger partial charge on any atom is -0.455 e. The highest BCUT2D eigenvalue weighted by Crippen LogP contribution is 2.37.